The number of aromatic nitrogens is 3. The molecule has 4 heterocycles. The van der Waals surface area contributed by atoms with Gasteiger partial charge in [0.05, 0.1) is 19.1 Å². The van der Waals surface area contributed by atoms with E-state index in [-0.39, 0.29) is 35.2 Å². The maximum absolute atomic E-state index is 14.7. The van der Waals surface area contributed by atoms with Crippen LogP contribution in [0.3, 0.4) is 0 Å². The number of aliphatic imine (C=N–C) groups is 1. The second-order valence-corrected chi connectivity index (χ2v) is 9.77. The highest BCUT2D eigenvalue weighted by Gasteiger charge is 2.45. The molecular formula is C25H25F3N6O. The average Bonchev–Trinajstić information content (AvgIpc) is 3.39. The lowest BCUT2D eigenvalue weighted by atomic mass is 9.87. The van der Waals surface area contributed by atoms with E-state index >= 15 is 0 Å². The molecule has 1 aromatic carbocycles. The van der Waals surface area contributed by atoms with Crippen LogP contribution in [-0.2, 0) is 6.54 Å². The molecule has 0 spiro atoms. The molecule has 0 fully saturated rings. The molecule has 3 aromatic rings. The fourth-order valence-electron chi connectivity index (χ4n) is 4.43. The zero-order valence-electron chi connectivity index (χ0n) is 19.9. The number of benzene rings is 1. The van der Waals surface area contributed by atoms with E-state index in [0.717, 1.165) is 6.07 Å². The van der Waals surface area contributed by atoms with Gasteiger partial charge in [-0.25, -0.2) is 23.7 Å². The molecule has 182 valence electrons. The first-order valence-corrected chi connectivity index (χ1v) is 11.4. The van der Waals surface area contributed by atoms with Crippen molar-refractivity contribution in [2.45, 2.75) is 40.3 Å². The van der Waals surface area contributed by atoms with Gasteiger partial charge in [0.15, 0.2) is 5.69 Å². The Bertz CT molecular complexity index is 1340. The minimum atomic E-state index is -0.712. The number of guanidine groups is 1. The van der Waals surface area contributed by atoms with Gasteiger partial charge in [-0.05, 0) is 30.5 Å². The van der Waals surface area contributed by atoms with Crippen LogP contribution < -0.4 is 4.90 Å². The lowest BCUT2D eigenvalue weighted by Gasteiger charge is -2.34. The highest BCUT2D eigenvalue weighted by Crippen LogP contribution is 2.39. The second kappa shape index (κ2) is 8.21. The van der Waals surface area contributed by atoms with Gasteiger partial charge in [-0.3, -0.25) is 14.6 Å². The van der Waals surface area contributed by atoms with E-state index < -0.39 is 17.6 Å². The van der Waals surface area contributed by atoms with E-state index in [4.69, 9.17) is 4.99 Å². The third-order valence-electron chi connectivity index (χ3n) is 6.40. The number of nitrogens with zero attached hydrogens (tertiary/aromatic N) is 6. The number of carbonyl (C=O) groups is 1. The van der Waals surface area contributed by atoms with Gasteiger partial charge in [0.2, 0.25) is 11.9 Å². The molecule has 1 amide bonds. The smallest absolute Gasteiger partial charge is 0.283 e. The van der Waals surface area contributed by atoms with Crippen LogP contribution in [0.2, 0.25) is 0 Å². The van der Waals surface area contributed by atoms with Crippen LogP contribution in [-0.4, -0.2) is 50.4 Å². The summed E-state index contributed by atoms with van der Waals surface area (Å²) in [4.78, 5) is 30.3. The number of pyridine rings is 1. The predicted molar refractivity (Wildman–Crippen MR) is 126 cm³/mol. The van der Waals surface area contributed by atoms with E-state index in [1.54, 1.807) is 9.47 Å². The maximum Gasteiger partial charge on any atom is 0.283 e. The van der Waals surface area contributed by atoms with Crippen LogP contribution in [0, 0.1) is 23.0 Å². The van der Waals surface area contributed by atoms with Crippen LogP contribution in [0.5, 0.6) is 0 Å². The van der Waals surface area contributed by atoms with Crippen molar-refractivity contribution in [3.63, 3.8) is 0 Å². The first kappa shape index (κ1) is 23.1. The Morgan fingerprint density at radius 1 is 1.11 bits per heavy atom. The van der Waals surface area contributed by atoms with Crippen LogP contribution >= 0.6 is 0 Å². The lowest BCUT2D eigenvalue weighted by molar-refractivity contribution is 0.0841. The highest BCUT2D eigenvalue weighted by molar-refractivity contribution is 6.18. The van der Waals surface area contributed by atoms with E-state index in [0.29, 0.717) is 36.3 Å². The Hall–Kier alpha value is -3.69. The molecule has 2 aliphatic rings. The molecule has 0 aliphatic carbocycles. The summed E-state index contributed by atoms with van der Waals surface area (Å²) >= 11 is 0. The van der Waals surface area contributed by atoms with Crippen molar-refractivity contribution in [3.8, 4) is 11.4 Å². The molecule has 7 nitrogen and oxygen atoms in total. The highest BCUT2D eigenvalue weighted by atomic mass is 19.1. The SMILES string of the molecule is CCN1C(=O)c2nc(-c3ccc(F)nc3)n(Cc3ccc(F)cc3F)c2N2C[C@@H](C(C)(C)C)N=C12. The second-order valence-electron chi connectivity index (χ2n) is 9.77. The van der Waals surface area contributed by atoms with E-state index in [1.165, 1.54) is 30.5 Å². The Balaban J connectivity index is 1.72. The summed E-state index contributed by atoms with van der Waals surface area (Å²) in [6.45, 7) is 9.00. The van der Waals surface area contributed by atoms with Crippen molar-refractivity contribution in [1.29, 1.82) is 0 Å². The van der Waals surface area contributed by atoms with E-state index in [1.807, 2.05) is 11.8 Å². The molecule has 0 saturated heterocycles. The van der Waals surface area contributed by atoms with E-state index in [9.17, 15) is 18.0 Å². The van der Waals surface area contributed by atoms with E-state index in [2.05, 4.69) is 30.7 Å². The Kier molecular flexibility index (Phi) is 5.41. The van der Waals surface area contributed by atoms with Crippen LogP contribution in [0.1, 0.15) is 43.7 Å². The van der Waals surface area contributed by atoms with Crippen molar-refractivity contribution >= 4 is 17.7 Å². The summed E-state index contributed by atoms with van der Waals surface area (Å²) in [5.41, 5.74) is 0.717. The molecule has 35 heavy (non-hydrogen) atoms. The molecule has 0 bridgehead atoms. The molecule has 1 atom stereocenters. The van der Waals surface area contributed by atoms with Gasteiger partial charge < -0.3 is 4.57 Å². The Morgan fingerprint density at radius 2 is 1.89 bits per heavy atom. The largest absolute Gasteiger partial charge is 0.305 e. The molecular weight excluding hydrogens is 457 g/mol. The standard InChI is InChI=1S/C25H25F3N6O/c1-5-32-23(35)20-22(34-13-18(25(2,3)4)30-24(32)34)33(12-15-6-8-16(26)10-17(15)27)21(31-20)14-7-9-19(28)29-11-14/h6-11,18H,5,12-13H2,1-4H3/t18-/m0/s1. The zero-order valence-corrected chi connectivity index (χ0v) is 19.9. The summed E-state index contributed by atoms with van der Waals surface area (Å²) in [6, 6.07) is 5.98. The third-order valence-corrected chi connectivity index (χ3v) is 6.40. The number of carbonyl (C=O) groups excluding carboxylic acids is 1. The number of hydrogen-bond donors (Lipinski definition) is 0. The number of amides is 1. The summed E-state index contributed by atoms with van der Waals surface area (Å²) in [6.07, 6.45) is 1.32. The van der Waals surface area contributed by atoms with Crippen molar-refractivity contribution in [2.75, 3.05) is 18.0 Å². The van der Waals surface area contributed by atoms with Crippen molar-refractivity contribution in [3.05, 3.63) is 65.4 Å². The number of rotatable bonds is 4. The van der Waals surface area contributed by atoms with Crippen molar-refractivity contribution in [2.24, 2.45) is 10.4 Å². The lowest BCUT2D eigenvalue weighted by Crippen LogP contribution is -2.51. The number of halogens is 3. The van der Waals surface area contributed by atoms with Crippen LogP contribution in [0.15, 0.2) is 41.5 Å². The minimum absolute atomic E-state index is 0.0233. The average molecular weight is 483 g/mol. The van der Waals surface area contributed by atoms with Crippen molar-refractivity contribution < 1.29 is 18.0 Å². The zero-order chi connectivity index (χ0) is 25.1. The molecule has 10 heteroatoms. The monoisotopic (exact) mass is 482 g/mol. The van der Waals surface area contributed by atoms with Crippen LogP contribution in [0.25, 0.3) is 11.4 Å². The normalized spacial score (nSPS) is 17.5. The van der Waals surface area contributed by atoms with Gasteiger partial charge in [0.1, 0.15) is 23.3 Å². The number of fused-ring (bicyclic) bond motifs is 3. The van der Waals surface area contributed by atoms with Gasteiger partial charge >= 0.3 is 0 Å². The molecule has 0 N–H and O–H groups in total. The first-order valence-electron chi connectivity index (χ1n) is 11.4. The quantitative estimate of drug-likeness (QED) is 0.515. The fraction of sp³-hybridized carbons (Fsp3) is 0.360. The molecule has 0 radical (unpaired) electrons. The number of anilines is 1. The minimum Gasteiger partial charge on any atom is -0.305 e. The van der Waals surface area contributed by atoms with Gasteiger partial charge in [-0.2, -0.15) is 4.39 Å². The predicted octanol–water partition coefficient (Wildman–Crippen LogP) is 4.48. The summed E-state index contributed by atoms with van der Waals surface area (Å²) in [5.74, 6) is -1.04. The Morgan fingerprint density at radius 3 is 2.51 bits per heavy atom. The molecule has 5 rings (SSSR count). The van der Waals surface area contributed by atoms with Gasteiger partial charge in [-0.15, -0.1) is 0 Å². The maximum atomic E-state index is 14.7. The summed E-state index contributed by atoms with van der Waals surface area (Å²) < 4.78 is 43.5. The Labute approximate surface area is 200 Å². The number of imidazole rings is 1. The summed E-state index contributed by atoms with van der Waals surface area (Å²) in [5, 5.41) is 0. The van der Waals surface area contributed by atoms with Crippen LogP contribution in [0.4, 0.5) is 19.0 Å². The number of hydrogen-bond acceptors (Lipinski definition) is 5. The summed E-state index contributed by atoms with van der Waals surface area (Å²) in [7, 11) is 0. The first-order chi connectivity index (χ1) is 16.6. The third kappa shape index (κ3) is 3.86. The topological polar surface area (TPSA) is 66.6 Å². The van der Waals surface area contributed by atoms with Gasteiger partial charge in [0.25, 0.3) is 5.91 Å². The molecule has 0 unspecified atom stereocenters. The van der Waals surface area contributed by atoms with Gasteiger partial charge in [-0.1, -0.05) is 26.8 Å². The molecule has 2 aromatic heterocycles. The molecule has 2 aliphatic heterocycles. The van der Waals surface area contributed by atoms with Gasteiger partial charge in [0, 0.05) is 29.9 Å². The van der Waals surface area contributed by atoms with Crippen molar-refractivity contribution in [1.82, 2.24) is 19.4 Å². The fourth-order valence-corrected chi connectivity index (χ4v) is 4.43. The molecule has 0 saturated carbocycles.